The number of aryl methyl sites for hydroxylation is 1. The van der Waals surface area contributed by atoms with Crippen molar-refractivity contribution >= 4 is 11.7 Å². The maximum Gasteiger partial charge on any atom is 0.235 e. The lowest BCUT2D eigenvalue weighted by molar-refractivity contribution is -0.125. The molecular formula is C34H33NO2. The SMILES string of the molecule is O=C(CCCCNC(=O)C1(CCCc2ccccc2)c2ccccc2-c2ccccc21)c1ccccc1. The summed E-state index contributed by atoms with van der Waals surface area (Å²) in [4.78, 5) is 26.5. The topological polar surface area (TPSA) is 46.2 Å². The second-order valence-corrected chi connectivity index (χ2v) is 9.84. The van der Waals surface area contributed by atoms with E-state index in [0.29, 0.717) is 13.0 Å². The number of Topliss-reactive ketones (excluding diaryl/α,β-unsaturated/α-hetero) is 1. The molecule has 0 unspecified atom stereocenters. The predicted molar refractivity (Wildman–Crippen MR) is 150 cm³/mol. The molecule has 0 saturated carbocycles. The fraction of sp³-hybridized carbons (Fsp3) is 0.235. The summed E-state index contributed by atoms with van der Waals surface area (Å²) in [6, 6.07) is 36.6. The summed E-state index contributed by atoms with van der Waals surface area (Å²) >= 11 is 0. The number of carbonyl (C=O) groups excluding carboxylic acids is 2. The molecule has 0 saturated heterocycles. The summed E-state index contributed by atoms with van der Waals surface area (Å²) in [7, 11) is 0. The molecule has 0 spiro atoms. The molecule has 4 aromatic carbocycles. The zero-order valence-corrected chi connectivity index (χ0v) is 21.2. The number of nitrogens with one attached hydrogen (secondary N) is 1. The fourth-order valence-electron chi connectivity index (χ4n) is 5.69. The number of ketones is 1. The fourth-order valence-corrected chi connectivity index (χ4v) is 5.69. The molecule has 0 aromatic heterocycles. The molecule has 0 radical (unpaired) electrons. The van der Waals surface area contributed by atoms with Gasteiger partial charge in [0.1, 0.15) is 5.41 Å². The summed E-state index contributed by atoms with van der Waals surface area (Å²) in [5.74, 6) is 0.218. The quantitative estimate of drug-likeness (QED) is 0.180. The number of benzene rings is 4. The van der Waals surface area contributed by atoms with Gasteiger partial charge in [-0.15, -0.1) is 0 Å². The van der Waals surface area contributed by atoms with Crippen molar-refractivity contribution in [2.75, 3.05) is 6.54 Å². The number of rotatable bonds is 11. The summed E-state index contributed by atoms with van der Waals surface area (Å²) in [5.41, 5.74) is 5.84. The van der Waals surface area contributed by atoms with Gasteiger partial charge in [-0.1, -0.05) is 109 Å². The largest absolute Gasteiger partial charge is 0.355 e. The highest BCUT2D eigenvalue weighted by molar-refractivity contribution is 6.00. The van der Waals surface area contributed by atoms with E-state index in [2.05, 4.69) is 66.0 Å². The molecule has 37 heavy (non-hydrogen) atoms. The Labute approximate surface area is 219 Å². The van der Waals surface area contributed by atoms with Gasteiger partial charge in [0.05, 0.1) is 0 Å². The van der Waals surface area contributed by atoms with Gasteiger partial charge < -0.3 is 5.32 Å². The molecule has 0 aliphatic heterocycles. The van der Waals surface area contributed by atoms with E-state index < -0.39 is 5.41 Å². The Morgan fingerprint density at radius 3 is 1.84 bits per heavy atom. The van der Waals surface area contributed by atoms with Crippen LogP contribution < -0.4 is 5.32 Å². The lowest BCUT2D eigenvalue weighted by Gasteiger charge is -2.31. The van der Waals surface area contributed by atoms with Gasteiger partial charge >= 0.3 is 0 Å². The third-order valence-electron chi connectivity index (χ3n) is 7.52. The van der Waals surface area contributed by atoms with Gasteiger partial charge in [0, 0.05) is 18.5 Å². The van der Waals surface area contributed by atoms with Crippen molar-refractivity contribution in [3.63, 3.8) is 0 Å². The normalized spacial score (nSPS) is 13.0. The van der Waals surface area contributed by atoms with Crippen molar-refractivity contribution in [1.82, 2.24) is 5.32 Å². The minimum atomic E-state index is -0.707. The van der Waals surface area contributed by atoms with Crippen LogP contribution in [0.4, 0.5) is 0 Å². The van der Waals surface area contributed by atoms with Crippen molar-refractivity contribution < 1.29 is 9.59 Å². The Morgan fingerprint density at radius 2 is 1.19 bits per heavy atom. The van der Waals surface area contributed by atoms with Gasteiger partial charge in [-0.05, 0) is 59.9 Å². The van der Waals surface area contributed by atoms with Crippen molar-refractivity contribution in [3.8, 4) is 11.1 Å². The molecule has 0 bridgehead atoms. The van der Waals surface area contributed by atoms with Crippen molar-refractivity contribution in [1.29, 1.82) is 0 Å². The predicted octanol–water partition coefficient (Wildman–Crippen LogP) is 7.15. The summed E-state index contributed by atoms with van der Waals surface area (Å²) in [5, 5.41) is 3.26. The summed E-state index contributed by atoms with van der Waals surface area (Å²) in [6.45, 7) is 0.561. The molecule has 1 N–H and O–H groups in total. The molecule has 0 fully saturated rings. The molecule has 0 heterocycles. The van der Waals surface area contributed by atoms with Crippen LogP contribution >= 0.6 is 0 Å². The molecule has 3 nitrogen and oxygen atoms in total. The second kappa shape index (κ2) is 11.4. The number of unbranched alkanes of at least 4 members (excludes halogenated alkanes) is 1. The molecule has 186 valence electrons. The van der Waals surface area contributed by atoms with E-state index in [-0.39, 0.29) is 11.7 Å². The minimum Gasteiger partial charge on any atom is -0.355 e. The van der Waals surface area contributed by atoms with E-state index >= 15 is 0 Å². The first-order valence-electron chi connectivity index (χ1n) is 13.3. The second-order valence-electron chi connectivity index (χ2n) is 9.84. The molecule has 3 heteroatoms. The van der Waals surface area contributed by atoms with Crippen LogP contribution in [0.2, 0.25) is 0 Å². The van der Waals surface area contributed by atoms with Gasteiger partial charge in [0.25, 0.3) is 0 Å². The number of amides is 1. The third kappa shape index (κ3) is 5.13. The van der Waals surface area contributed by atoms with Crippen LogP contribution in [0.3, 0.4) is 0 Å². The molecule has 1 aliphatic rings. The van der Waals surface area contributed by atoms with Crippen LogP contribution in [-0.4, -0.2) is 18.2 Å². The lowest BCUT2D eigenvalue weighted by atomic mass is 9.73. The molecular weight excluding hydrogens is 454 g/mol. The highest BCUT2D eigenvalue weighted by Crippen LogP contribution is 2.51. The van der Waals surface area contributed by atoms with Crippen molar-refractivity contribution in [2.45, 2.75) is 43.9 Å². The van der Waals surface area contributed by atoms with Gasteiger partial charge in [-0.25, -0.2) is 0 Å². The van der Waals surface area contributed by atoms with Gasteiger partial charge in [-0.2, -0.15) is 0 Å². The highest BCUT2D eigenvalue weighted by atomic mass is 16.2. The first-order valence-corrected chi connectivity index (χ1v) is 13.3. The van der Waals surface area contributed by atoms with E-state index in [9.17, 15) is 9.59 Å². The third-order valence-corrected chi connectivity index (χ3v) is 7.52. The first kappa shape index (κ1) is 24.7. The Bertz CT molecular complexity index is 1320. The van der Waals surface area contributed by atoms with E-state index in [0.717, 1.165) is 59.9 Å². The monoisotopic (exact) mass is 487 g/mol. The number of hydrogen-bond acceptors (Lipinski definition) is 2. The van der Waals surface area contributed by atoms with E-state index in [1.165, 1.54) is 5.56 Å². The maximum atomic E-state index is 14.1. The zero-order valence-electron chi connectivity index (χ0n) is 21.2. The minimum absolute atomic E-state index is 0.0624. The van der Waals surface area contributed by atoms with Crippen LogP contribution in [0.15, 0.2) is 109 Å². The van der Waals surface area contributed by atoms with Gasteiger partial charge in [0.15, 0.2) is 5.78 Å². The standard InChI is InChI=1S/C34H33NO2/c36-32(27-17-5-2-6-18-27)23-11-12-25-35-33(37)34(24-13-16-26-14-3-1-4-15-26)30-21-9-7-19-28(30)29-20-8-10-22-31(29)34/h1-10,14-15,17-22H,11-13,16,23-25H2,(H,35,37). The number of hydrogen-bond donors (Lipinski definition) is 1. The zero-order chi connectivity index (χ0) is 25.5. The van der Waals surface area contributed by atoms with Crippen molar-refractivity contribution in [3.05, 3.63) is 131 Å². The molecule has 0 atom stereocenters. The van der Waals surface area contributed by atoms with E-state index in [1.807, 2.05) is 48.5 Å². The number of carbonyl (C=O) groups is 2. The average Bonchev–Trinajstić information content (AvgIpc) is 3.24. The maximum absolute atomic E-state index is 14.1. The highest BCUT2D eigenvalue weighted by Gasteiger charge is 2.48. The van der Waals surface area contributed by atoms with Gasteiger partial charge in [-0.3, -0.25) is 9.59 Å². The summed E-state index contributed by atoms with van der Waals surface area (Å²) in [6.07, 6.45) is 4.60. The Balaban J connectivity index is 1.31. The molecule has 5 rings (SSSR count). The summed E-state index contributed by atoms with van der Waals surface area (Å²) < 4.78 is 0. The Hall–Kier alpha value is -3.98. The number of fused-ring (bicyclic) bond motifs is 3. The molecule has 1 amide bonds. The van der Waals surface area contributed by atoms with E-state index in [1.54, 1.807) is 0 Å². The van der Waals surface area contributed by atoms with Crippen LogP contribution in [0, 0.1) is 0 Å². The van der Waals surface area contributed by atoms with Crippen LogP contribution in [0.5, 0.6) is 0 Å². The molecule has 1 aliphatic carbocycles. The lowest BCUT2D eigenvalue weighted by Crippen LogP contribution is -2.44. The van der Waals surface area contributed by atoms with Crippen LogP contribution in [0.25, 0.3) is 11.1 Å². The average molecular weight is 488 g/mol. The Morgan fingerprint density at radius 1 is 0.622 bits per heavy atom. The van der Waals surface area contributed by atoms with Crippen LogP contribution in [0.1, 0.15) is 59.2 Å². The van der Waals surface area contributed by atoms with Crippen molar-refractivity contribution in [2.24, 2.45) is 0 Å². The van der Waals surface area contributed by atoms with Crippen LogP contribution in [-0.2, 0) is 16.6 Å². The Kier molecular flexibility index (Phi) is 7.60. The smallest absolute Gasteiger partial charge is 0.235 e. The molecule has 4 aromatic rings. The first-order chi connectivity index (χ1) is 18.2. The van der Waals surface area contributed by atoms with Gasteiger partial charge in [0.2, 0.25) is 5.91 Å². The van der Waals surface area contributed by atoms with E-state index in [4.69, 9.17) is 0 Å².